The quantitative estimate of drug-likeness (QED) is 0.712. The molecule has 1 aliphatic rings. The number of hydrogen-bond donors (Lipinski definition) is 3. The van der Waals surface area contributed by atoms with Gasteiger partial charge in [-0.15, -0.1) is 0 Å². The molecule has 0 aliphatic carbocycles. The van der Waals surface area contributed by atoms with E-state index in [1.807, 2.05) is 0 Å². The molecule has 0 spiro atoms. The van der Waals surface area contributed by atoms with Crippen LogP contribution >= 0.6 is 0 Å². The van der Waals surface area contributed by atoms with Crippen LogP contribution in [0.1, 0.15) is 15.9 Å². The number of benzene rings is 1. The van der Waals surface area contributed by atoms with Gasteiger partial charge in [-0.05, 0) is 17.7 Å². The van der Waals surface area contributed by atoms with E-state index < -0.39 is 5.97 Å². The second kappa shape index (κ2) is 6.31. The summed E-state index contributed by atoms with van der Waals surface area (Å²) in [6.07, 6.45) is 0. The molecule has 6 heteroatoms. The lowest BCUT2D eigenvalue weighted by molar-refractivity contribution is -0.126. The number of rotatable bonds is 4. The third kappa shape index (κ3) is 3.77. The zero-order valence-electron chi connectivity index (χ0n) is 10.4. The maximum absolute atomic E-state index is 11.8. The predicted molar refractivity (Wildman–Crippen MR) is 67.9 cm³/mol. The maximum Gasteiger partial charge on any atom is 0.335 e. The largest absolute Gasteiger partial charge is 0.478 e. The molecule has 0 saturated carbocycles. The van der Waals surface area contributed by atoms with Gasteiger partial charge in [0.25, 0.3) is 0 Å². The molecule has 102 valence electrons. The van der Waals surface area contributed by atoms with Crippen LogP contribution in [0.4, 0.5) is 0 Å². The molecule has 2 rings (SSSR count). The van der Waals surface area contributed by atoms with Gasteiger partial charge in [-0.3, -0.25) is 4.79 Å². The van der Waals surface area contributed by atoms with Crippen LogP contribution < -0.4 is 10.6 Å². The number of aromatic carboxylic acids is 1. The van der Waals surface area contributed by atoms with Gasteiger partial charge in [-0.2, -0.15) is 0 Å². The molecular weight excluding hydrogens is 248 g/mol. The van der Waals surface area contributed by atoms with Crippen molar-refractivity contribution in [2.75, 3.05) is 19.8 Å². The van der Waals surface area contributed by atoms with E-state index in [2.05, 4.69) is 10.6 Å². The van der Waals surface area contributed by atoms with Gasteiger partial charge in [-0.1, -0.05) is 12.1 Å². The Morgan fingerprint density at radius 2 is 2.11 bits per heavy atom. The van der Waals surface area contributed by atoms with Crippen molar-refractivity contribution in [2.24, 2.45) is 0 Å². The maximum atomic E-state index is 11.8. The lowest BCUT2D eigenvalue weighted by atomic mass is 10.1. The Morgan fingerprint density at radius 1 is 1.37 bits per heavy atom. The number of nitrogens with one attached hydrogen (secondary N) is 2. The van der Waals surface area contributed by atoms with Crippen molar-refractivity contribution < 1.29 is 19.4 Å². The number of ether oxygens (including phenoxy) is 1. The molecule has 1 fully saturated rings. The summed E-state index contributed by atoms with van der Waals surface area (Å²) >= 11 is 0. The smallest absolute Gasteiger partial charge is 0.335 e. The highest BCUT2D eigenvalue weighted by Crippen LogP contribution is 2.04. The van der Waals surface area contributed by atoms with E-state index in [9.17, 15) is 9.59 Å². The molecule has 0 radical (unpaired) electrons. The monoisotopic (exact) mass is 264 g/mol. The lowest BCUT2D eigenvalue weighted by Crippen LogP contribution is -2.51. The number of amides is 1. The van der Waals surface area contributed by atoms with E-state index in [1.165, 1.54) is 12.1 Å². The van der Waals surface area contributed by atoms with Crippen molar-refractivity contribution in [3.63, 3.8) is 0 Å². The molecule has 1 atom stereocenters. The number of carboxylic acids is 1. The minimum atomic E-state index is -0.959. The van der Waals surface area contributed by atoms with E-state index in [0.29, 0.717) is 26.3 Å². The van der Waals surface area contributed by atoms with Gasteiger partial charge in [0.2, 0.25) is 5.91 Å². The van der Waals surface area contributed by atoms with Crippen molar-refractivity contribution in [1.82, 2.24) is 10.6 Å². The first-order valence-corrected chi connectivity index (χ1v) is 6.08. The molecule has 0 aromatic heterocycles. The van der Waals surface area contributed by atoms with E-state index in [1.54, 1.807) is 12.1 Å². The average Bonchev–Trinajstić information content (AvgIpc) is 2.46. The highest BCUT2D eigenvalue weighted by atomic mass is 16.5. The standard InChI is InChI=1S/C13H16N2O4/c16-12(11-8-19-6-5-14-11)15-7-9-1-3-10(4-2-9)13(17)18/h1-4,11,14H,5-8H2,(H,15,16)(H,17,18). The van der Waals surface area contributed by atoms with Crippen LogP contribution in [0, 0.1) is 0 Å². The van der Waals surface area contributed by atoms with E-state index >= 15 is 0 Å². The summed E-state index contributed by atoms with van der Waals surface area (Å²) in [7, 11) is 0. The average molecular weight is 264 g/mol. The van der Waals surface area contributed by atoms with Crippen molar-refractivity contribution in [3.8, 4) is 0 Å². The third-order valence-corrected chi connectivity index (χ3v) is 2.91. The van der Waals surface area contributed by atoms with Crippen molar-refractivity contribution in [3.05, 3.63) is 35.4 Å². The Kier molecular flexibility index (Phi) is 4.48. The first-order valence-electron chi connectivity index (χ1n) is 6.08. The summed E-state index contributed by atoms with van der Waals surface area (Å²) in [5, 5.41) is 14.6. The summed E-state index contributed by atoms with van der Waals surface area (Å²) in [5.74, 6) is -1.07. The number of morpholine rings is 1. The van der Waals surface area contributed by atoms with Gasteiger partial charge in [0.1, 0.15) is 6.04 Å². The van der Waals surface area contributed by atoms with Crippen molar-refractivity contribution in [1.29, 1.82) is 0 Å². The van der Waals surface area contributed by atoms with Gasteiger partial charge in [0.05, 0.1) is 18.8 Å². The van der Waals surface area contributed by atoms with Gasteiger partial charge < -0.3 is 20.5 Å². The Balaban J connectivity index is 1.84. The molecular formula is C13H16N2O4. The van der Waals surface area contributed by atoms with Crippen LogP contribution in [-0.4, -0.2) is 42.8 Å². The summed E-state index contributed by atoms with van der Waals surface area (Å²) in [6, 6.07) is 6.10. The minimum Gasteiger partial charge on any atom is -0.478 e. The number of carbonyl (C=O) groups excluding carboxylic acids is 1. The number of hydrogen-bond acceptors (Lipinski definition) is 4. The van der Waals surface area contributed by atoms with Crippen LogP contribution in [-0.2, 0) is 16.1 Å². The van der Waals surface area contributed by atoms with E-state index in [-0.39, 0.29) is 17.5 Å². The van der Waals surface area contributed by atoms with Gasteiger partial charge >= 0.3 is 5.97 Å². The summed E-state index contributed by atoms with van der Waals surface area (Å²) in [4.78, 5) is 22.5. The van der Waals surface area contributed by atoms with Crippen LogP contribution in [0.5, 0.6) is 0 Å². The zero-order chi connectivity index (χ0) is 13.7. The lowest BCUT2D eigenvalue weighted by Gasteiger charge is -2.22. The molecule has 1 amide bonds. The Bertz CT molecular complexity index is 452. The van der Waals surface area contributed by atoms with Crippen LogP contribution in [0.3, 0.4) is 0 Å². The second-order valence-electron chi connectivity index (χ2n) is 4.30. The minimum absolute atomic E-state index is 0.109. The molecule has 1 heterocycles. The van der Waals surface area contributed by atoms with Gasteiger partial charge in [0, 0.05) is 13.1 Å². The molecule has 1 saturated heterocycles. The second-order valence-corrected chi connectivity index (χ2v) is 4.30. The zero-order valence-corrected chi connectivity index (χ0v) is 10.4. The molecule has 6 nitrogen and oxygen atoms in total. The fourth-order valence-electron chi connectivity index (χ4n) is 1.81. The van der Waals surface area contributed by atoms with Crippen molar-refractivity contribution in [2.45, 2.75) is 12.6 Å². The fourth-order valence-corrected chi connectivity index (χ4v) is 1.81. The molecule has 19 heavy (non-hydrogen) atoms. The highest BCUT2D eigenvalue weighted by Gasteiger charge is 2.20. The Labute approximate surface area is 110 Å². The molecule has 3 N–H and O–H groups in total. The third-order valence-electron chi connectivity index (χ3n) is 2.91. The van der Waals surface area contributed by atoms with Gasteiger partial charge in [0.15, 0.2) is 0 Å². The first kappa shape index (κ1) is 13.5. The summed E-state index contributed by atoms with van der Waals surface area (Å²) < 4.78 is 5.21. The highest BCUT2D eigenvalue weighted by molar-refractivity contribution is 5.87. The van der Waals surface area contributed by atoms with Crippen LogP contribution in [0.25, 0.3) is 0 Å². The normalized spacial score (nSPS) is 18.8. The summed E-state index contributed by atoms with van der Waals surface area (Å²) in [6.45, 7) is 2.05. The first-order chi connectivity index (χ1) is 9.16. The Morgan fingerprint density at radius 3 is 2.68 bits per heavy atom. The molecule has 1 aliphatic heterocycles. The predicted octanol–water partition coefficient (Wildman–Crippen LogP) is -0.0106. The Hall–Kier alpha value is -1.92. The van der Waals surface area contributed by atoms with Crippen LogP contribution in [0.2, 0.25) is 0 Å². The molecule has 0 bridgehead atoms. The fraction of sp³-hybridized carbons (Fsp3) is 0.385. The molecule has 1 aromatic rings. The van der Waals surface area contributed by atoms with Crippen LogP contribution in [0.15, 0.2) is 24.3 Å². The van der Waals surface area contributed by atoms with Crippen molar-refractivity contribution >= 4 is 11.9 Å². The number of carbonyl (C=O) groups is 2. The van der Waals surface area contributed by atoms with Gasteiger partial charge in [-0.25, -0.2) is 4.79 Å². The summed E-state index contributed by atoms with van der Waals surface area (Å²) in [5.41, 5.74) is 1.09. The van der Waals surface area contributed by atoms with E-state index in [4.69, 9.17) is 9.84 Å². The molecule has 1 aromatic carbocycles. The SMILES string of the molecule is O=C(O)c1ccc(CNC(=O)C2COCCN2)cc1. The topological polar surface area (TPSA) is 87.7 Å². The van der Waals surface area contributed by atoms with E-state index in [0.717, 1.165) is 5.56 Å². The molecule has 1 unspecified atom stereocenters. The number of carboxylic acid groups (broad SMARTS) is 1.